The van der Waals surface area contributed by atoms with Gasteiger partial charge in [-0.15, -0.1) is 0 Å². The smallest absolute Gasteiger partial charge is 0.234 e. The van der Waals surface area contributed by atoms with Gasteiger partial charge in [0, 0.05) is 0 Å². The van der Waals surface area contributed by atoms with Crippen LogP contribution in [0.1, 0.15) is 6.42 Å². The first-order chi connectivity index (χ1) is 4.18. The van der Waals surface area contributed by atoms with Crippen LogP contribution in [0.2, 0.25) is 0 Å². The van der Waals surface area contributed by atoms with Crippen LogP contribution in [-0.4, -0.2) is 25.5 Å². The van der Waals surface area contributed by atoms with Crippen molar-refractivity contribution < 1.29 is 4.79 Å². The molecule has 0 rings (SSSR count). The number of nitrogens with one attached hydrogen (secondary N) is 1. The number of hydrogen-bond acceptors (Lipinski definition) is 3. The minimum atomic E-state index is -0.502. The summed E-state index contributed by atoms with van der Waals surface area (Å²) in [4.78, 5) is 10.3. The first kappa shape index (κ1) is 8.39. The molecule has 1 amide bonds. The van der Waals surface area contributed by atoms with Gasteiger partial charge in [0.15, 0.2) is 0 Å². The number of nitrogens with two attached hydrogens (primary N) is 2. The van der Waals surface area contributed by atoms with Gasteiger partial charge < -0.3 is 16.8 Å². The maximum atomic E-state index is 10.3. The molecule has 0 aromatic rings. The molecule has 4 nitrogen and oxygen atoms in total. The Balaban J connectivity index is 3.27. The number of amides is 1. The van der Waals surface area contributed by atoms with Crippen LogP contribution < -0.4 is 16.8 Å². The molecule has 0 aliphatic rings. The lowest BCUT2D eigenvalue weighted by atomic mass is 10.2. The Hall–Kier alpha value is -0.610. The average Bonchev–Trinajstić information content (AvgIpc) is 1.82. The van der Waals surface area contributed by atoms with Gasteiger partial charge >= 0.3 is 0 Å². The highest BCUT2D eigenvalue weighted by Crippen LogP contribution is 1.82. The van der Waals surface area contributed by atoms with E-state index in [-0.39, 0.29) is 0 Å². The van der Waals surface area contributed by atoms with Crippen LogP contribution in [0.5, 0.6) is 0 Å². The zero-order valence-electron chi connectivity index (χ0n) is 5.55. The summed E-state index contributed by atoms with van der Waals surface area (Å²) in [6.45, 7) is 0.726. The summed E-state index contributed by atoms with van der Waals surface area (Å²) in [5.74, 6) is -0.440. The van der Waals surface area contributed by atoms with Crippen LogP contribution in [0.25, 0.3) is 0 Å². The Morgan fingerprint density at radius 1 is 1.78 bits per heavy atom. The van der Waals surface area contributed by atoms with Gasteiger partial charge in [-0.05, 0) is 20.0 Å². The second-order valence-electron chi connectivity index (χ2n) is 1.90. The minimum Gasteiger partial charge on any atom is -0.368 e. The van der Waals surface area contributed by atoms with Crippen LogP contribution in [0.15, 0.2) is 0 Å². The van der Waals surface area contributed by atoms with Crippen molar-refractivity contribution in [2.75, 3.05) is 13.6 Å². The second-order valence-corrected chi connectivity index (χ2v) is 1.90. The van der Waals surface area contributed by atoms with Gasteiger partial charge in [-0.25, -0.2) is 0 Å². The minimum absolute atomic E-state index is 0.440. The largest absolute Gasteiger partial charge is 0.368 e. The first-order valence-corrected chi connectivity index (χ1v) is 2.88. The van der Waals surface area contributed by atoms with E-state index in [9.17, 15) is 4.79 Å². The average molecular weight is 131 g/mol. The molecule has 5 N–H and O–H groups in total. The maximum absolute atomic E-state index is 10.3. The fraction of sp³-hybridized carbons (Fsp3) is 0.800. The molecule has 54 valence electrons. The van der Waals surface area contributed by atoms with E-state index in [1.165, 1.54) is 0 Å². The van der Waals surface area contributed by atoms with E-state index >= 15 is 0 Å². The third-order valence-electron chi connectivity index (χ3n) is 1.07. The molecule has 0 fully saturated rings. The summed E-state index contributed by atoms with van der Waals surface area (Å²) in [6, 6.07) is -0.502. The van der Waals surface area contributed by atoms with Crippen LogP contribution in [0.4, 0.5) is 0 Å². The van der Waals surface area contributed by atoms with E-state index in [4.69, 9.17) is 11.5 Å². The lowest BCUT2D eigenvalue weighted by Gasteiger charge is -2.04. The van der Waals surface area contributed by atoms with Crippen molar-refractivity contribution in [1.29, 1.82) is 0 Å². The molecule has 0 aliphatic heterocycles. The molecule has 9 heavy (non-hydrogen) atoms. The standard InChI is InChI=1S/C5H13N3O/c1-8-3-2-4(6)5(7)9/h4,8H,2-3,6H2,1H3,(H2,7,9). The van der Waals surface area contributed by atoms with Crippen molar-refractivity contribution in [3.05, 3.63) is 0 Å². The van der Waals surface area contributed by atoms with Crippen molar-refractivity contribution in [2.45, 2.75) is 12.5 Å². The van der Waals surface area contributed by atoms with Gasteiger partial charge in [0.25, 0.3) is 0 Å². The Bertz CT molecular complexity index is 94.2. The normalized spacial score (nSPS) is 13.1. The quantitative estimate of drug-likeness (QED) is 0.430. The maximum Gasteiger partial charge on any atom is 0.234 e. The van der Waals surface area contributed by atoms with E-state index in [0.29, 0.717) is 6.42 Å². The molecule has 0 aromatic carbocycles. The molecule has 1 atom stereocenters. The predicted octanol–water partition coefficient (Wildman–Crippen LogP) is -1.59. The first-order valence-electron chi connectivity index (χ1n) is 2.88. The molecule has 0 radical (unpaired) electrons. The molecule has 0 saturated heterocycles. The third-order valence-corrected chi connectivity index (χ3v) is 1.07. The van der Waals surface area contributed by atoms with Crippen molar-refractivity contribution in [3.63, 3.8) is 0 Å². The van der Waals surface area contributed by atoms with Gasteiger partial charge in [-0.1, -0.05) is 0 Å². The molecule has 0 spiro atoms. The van der Waals surface area contributed by atoms with E-state index in [0.717, 1.165) is 6.54 Å². The van der Waals surface area contributed by atoms with Crippen LogP contribution in [-0.2, 0) is 4.79 Å². The highest BCUT2D eigenvalue weighted by Gasteiger charge is 2.06. The van der Waals surface area contributed by atoms with Crippen LogP contribution in [0, 0.1) is 0 Å². The lowest BCUT2D eigenvalue weighted by molar-refractivity contribution is -0.119. The Morgan fingerprint density at radius 2 is 2.33 bits per heavy atom. The molecule has 0 bridgehead atoms. The molecule has 1 unspecified atom stereocenters. The number of primary amides is 1. The lowest BCUT2D eigenvalue weighted by Crippen LogP contribution is -2.38. The van der Waals surface area contributed by atoms with Gasteiger partial charge in [0.1, 0.15) is 0 Å². The van der Waals surface area contributed by atoms with Crippen molar-refractivity contribution in [3.8, 4) is 0 Å². The summed E-state index contributed by atoms with van der Waals surface area (Å²) in [5.41, 5.74) is 10.2. The summed E-state index contributed by atoms with van der Waals surface area (Å²) >= 11 is 0. The highest BCUT2D eigenvalue weighted by atomic mass is 16.1. The summed E-state index contributed by atoms with van der Waals surface area (Å²) in [7, 11) is 1.80. The van der Waals surface area contributed by atoms with Gasteiger partial charge in [0.2, 0.25) is 5.91 Å². The zero-order valence-corrected chi connectivity index (χ0v) is 5.55. The second kappa shape index (κ2) is 4.29. The van der Waals surface area contributed by atoms with Crippen molar-refractivity contribution in [2.24, 2.45) is 11.5 Å². The summed E-state index contributed by atoms with van der Waals surface area (Å²) in [5, 5.41) is 2.87. The number of carbonyl (C=O) groups excluding carboxylic acids is 1. The summed E-state index contributed by atoms with van der Waals surface area (Å²) in [6.07, 6.45) is 0.603. The molecule has 0 heterocycles. The SMILES string of the molecule is CNCCC(N)C(N)=O. The summed E-state index contributed by atoms with van der Waals surface area (Å²) < 4.78 is 0. The predicted molar refractivity (Wildman–Crippen MR) is 35.7 cm³/mol. The van der Waals surface area contributed by atoms with Crippen LogP contribution >= 0.6 is 0 Å². The molecular formula is C5H13N3O. The van der Waals surface area contributed by atoms with E-state index < -0.39 is 11.9 Å². The Kier molecular flexibility index (Phi) is 4.00. The van der Waals surface area contributed by atoms with Gasteiger partial charge in [-0.2, -0.15) is 0 Å². The van der Waals surface area contributed by atoms with Crippen molar-refractivity contribution in [1.82, 2.24) is 5.32 Å². The molecule has 0 aliphatic carbocycles. The van der Waals surface area contributed by atoms with Gasteiger partial charge in [-0.3, -0.25) is 4.79 Å². The van der Waals surface area contributed by atoms with E-state index in [2.05, 4.69) is 5.32 Å². The van der Waals surface area contributed by atoms with Gasteiger partial charge in [0.05, 0.1) is 6.04 Å². The third kappa shape index (κ3) is 3.93. The van der Waals surface area contributed by atoms with Crippen LogP contribution in [0.3, 0.4) is 0 Å². The fourth-order valence-electron chi connectivity index (χ4n) is 0.442. The topological polar surface area (TPSA) is 81.1 Å². The number of carbonyl (C=O) groups is 1. The highest BCUT2D eigenvalue weighted by molar-refractivity contribution is 5.79. The van der Waals surface area contributed by atoms with Crippen molar-refractivity contribution >= 4 is 5.91 Å². The zero-order chi connectivity index (χ0) is 7.28. The molecule has 0 saturated carbocycles. The monoisotopic (exact) mass is 131 g/mol. The number of hydrogen-bond donors (Lipinski definition) is 3. The molecular weight excluding hydrogens is 118 g/mol. The molecule has 0 aromatic heterocycles. The molecule has 4 heteroatoms. The Labute approximate surface area is 54.6 Å². The fourth-order valence-corrected chi connectivity index (χ4v) is 0.442. The Morgan fingerprint density at radius 3 is 2.67 bits per heavy atom. The van der Waals surface area contributed by atoms with E-state index in [1.54, 1.807) is 7.05 Å². The number of rotatable bonds is 4. The van der Waals surface area contributed by atoms with E-state index in [1.807, 2.05) is 0 Å².